The molecule has 0 aromatic heterocycles. The van der Waals surface area contributed by atoms with Gasteiger partial charge in [0, 0.05) is 11.7 Å². The maximum Gasteiger partial charge on any atom is 0.387 e. The summed E-state index contributed by atoms with van der Waals surface area (Å²) in [6.07, 6.45) is 2.22. The molecule has 7 heteroatoms. The highest BCUT2D eigenvalue weighted by Crippen LogP contribution is 2.31. The predicted octanol–water partition coefficient (Wildman–Crippen LogP) is 3.62. The number of carbonyl (C=O) groups excluding carboxylic acids is 1. The first-order chi connectivity index (χ1) is 12.5. The van der Waals surface area contributed by atoms with E-state index >= 15 is 0 Å². The van der Waals surface area contributed by atoms with Gasteiger partial charge >= 0.3 is 6.61 Å². The number of benzene rings is 2. The number of alkyl halides is 2. The molecular weight excluding hydrogens is 342 g/mol. The van der Waals surface area contributed by atoms with Gasteiger partial charge in [-0.05, 0) is 54.8 Å². The molecule has 1 aliphatic rings. The SMILES string of the molecule is CC1Cc2ccccc2N1C(=O)CO/N=C/c1ccc(OC(F)F)cc1. The molecule has 0 N–H and O–H groups in total. The maximum absolute atomic E-state index is 12.4. The number of hydrogen-bond donors (Lipinski definition) is 0. The van der Waals surface area contributed by atoms with Crippen LogP contribution in [0.25, 0.3) is 0 Å². The van der Waals surface area contributed by atoms with Gasteiger partial charge in [-0.1, -0.05) is 23.4 Å². The van der Waals surface area contributed by atoms with Gasteiger partial charge in [-0.2, -0.15) is 8.78 Å². The van der Waals surface area contributed by atoms with Gasteiger partial charge in [0.1, 0.15) is 5.75 Å². The highest BCUT2D eigenvalue weighted by atomic mass is 19.3. The molecule has 26 heavy (non-hydrogen) atoms. The lowest BCUT2D eigenvalue weighted by molar-refractivity contribution is -0.123. The van der Waals surface area contributed by atoms with E-state index < -0.39 is 6.61 Å². The number of fused-ring (bicyclic) bond motifs is 1. The number of carbonyl (C=O) groups is 1. The van der Waals surface area contributed by atoms with E-state index in [1.807, 2.05) is 31.2 Å². The van der Waals surface area contributed by atoms with E-state index in [4.69, 9.17) is 4.84 Å². The minimum Gasteiger partial charge on any atom is -0.435 e. The molecule has 0 bridgehead atoms. The van der Waals surface area contributed by atoms with Crippen LogP contribution in [0.3, 0.4) is 0 Å². The molecule has 2 aromatic rings. The zero-order chi connectivity index (χ0) is 18.5. The number of rotatable bonds is 6. The van der Waals surface area contributed by atoms with Crippen LogP contribution >= 0.6 is 0 Å². The molecule has 3 rings (SSSR count). The molecule has 2 aromatic carbocycles. The number of ether oxygens (including phenoxy) is 1. The topological polar surface area (TPSA) is 51.1 Å². The fourth-order valence-corrected chi connectivity index (χ4v) is 2.94. The number of oxime groups is 1. The van der Waals surface area contributed by atoms with Crippen LogP contribution in [0, 0.1) is 0 Å². The highest BCUT2D eigenvalue weighted by molar-refractivity contribution is 5.97. The van der Waals surface area contributed by atoms with E-state index in [1.165, 1.54) is 18.3 Å². The van der Waals surface area contributed by atoms with Gasteiger partial charge in [-0.25, -0.2) is 0 Å². The summed E-state index contributed by atoms with van der Waals surface area (Å²) in [5.41, 5.74) is 2.69. The molecule has 5 nitrogen and oxygen atoms in total. The monoisotopic (exact) mass is 360 g/mol. The third-order valence-electron chi connectivity index (χ3n) is 4.05. The fourth-order valence-electron chi connectivity index (χ4n) is 2.94. The third-order valence-corrected chi connectivity index (χ3v) is 4.05. The molecule has 1 unspecified atom stereocenters. The lowest BCUT2D eigenvalue weighted by Gasteiger charge is -2.21. The van der Waals surface area contributed by atoms with Gasteiger partial charge in [0.25, 0.3) is 5.91 Å². The minimum atomic E-state index is -2.86. The van der Waals surface area contributed by atoms with Gasteiger partial charge in [-0.15, -0.1) is 0 Å². The van der Waals surface area contributed by atoms with Crippen molar-refractivity contribution in [2.45, 2.75) is 26.0 Å². The second-order valence-electron chi connectivity index (χ2n) is 5.90. The number of amides is 1. The molecule has 136 valence electrons. The second kappa shape index (κ2) is 7.95. The first kappa shape index (κ1) is 17.8. The predicted molar refractivity (Wildman–Crippen MR) is 93.7 cm³/mol. The Balaban J connectivity index is 1.53. The molecule has 0 aliphatic carbocycles. The van der Waals surface area contributed by atoms with Crippen LogP contribution in [0.1, 0.15) is 18.1 Å². The Morgan fingerprint density at radius 3 is 2.73 bits per heavy atom. The van der Waals surface area contributed by atoms with E-state index in [2.05, 4.69) is 9.89 Å². The van der Waals surface area contributed by atoms with Crippen molar-refractivity contribution in [2.24, 2.45) is 5.16 Å². The second-order valence-corrected chi connectivity index (χ2v) is 5.90. The average molecular weight is 360 g/mol. The van der Waals surface area contributed by atoms with Crippen LogP contribution in [0.15, 0.2) is 53.7 Å². The van der Waals surface area contributed by atoms with Crippen LogP contribution in [-0.2, 0) is 16.1 Å². The number of para-hydroxylation sites is 1. The Bertz CT molecular complexity index is 794. The Morgan fingerprint density at radius 1 is 1.27 bits per heavy atom. The quantitative estimate of drug-likeness (QED) is 0.584. The van der Waals surface area contributed by atoms with Gasteiger partial charge in [-0.3, -0.25) is 4.79 Å². The summed E-state index contributed by atoms with van der Waals surface area (Å²) in [7, 11) is 0. The van der Waals surface area contributed by atoms with Gasteiger partial charge in [0.05, 0.1) is 6.21 Å². The van der Waals surface area contributed by atoms with E-state index in [0.717, 1.165) is 17.7 Å². The van der Waals surface area contributed by atoms with Crippen LogP contribution in [-0.4, -0.2) is 31.4 Å². The summed E-state index contributed by atoms with van der Waals surface area (Å²) >= 11 is 0. The lowest BCUT2D eigenvalue weighted by Crippen LogP contribution is -2.37. The fraction of sp³-hybridized carbons (Fsp3) is 0.263. The van der Waals surface area contributed by atoms with Crippen molar-refractivity contribution >= 4 is 17.8 Å². The van der Waals surface area contributed by atoms with Crippen molar-refractivity contribution in [1.29, 1.82) is 0 Å². The number of anilines is 1. The van der Waals surface area contributed by atoms with Crippen molar-refractivity contribution < 1.29 is 23.1 Å². The molecule has 0 saturated carbocycles. The van der Waals surface area contributed by atoms with Crippen LogP contribution in [0.5, 0.6) is 5.75 Å². The minimum absolute atomic E-state index is 0.0648. The molecule has 1 amide bonds. The smallest absolute Gasteiger partial charge is 0.387 e. The zero-order valence-corrected chi connectivity index (χ0v) is 14.1. The third kappa shape index (κ3) is 4.17. The van der Waals surface area contributed by atoms with E-state index in [1.54, 1.807) is 17.0 Å². The zero-order valence-electron chi connectivity index (χ0n) is 14.1. The summed E-state index contributed by atoms with van der Waals surface area (Å²) in [5.74, 6) is -0.102. The Morgan fingerprint density at radius 2 is 2.00 bits per heavy atom. The van der Waals surface area contributed by atoms with E-state index in [-0.39, 0.29) is 24.3 Å². The first-order valence-corrected chi connectivity index (χ1v) is 8.15. The van der Waals surface area contributed by atoms with Crippen molar-refractivity contribution in [3.05, 3.63) is 59.7 Å². The van der Waals surface area contributed by atoms with Crippen molar-refractivity contribution in [2.75, 3.05) is 11.5 Å². The van der Waals surface area contributed by atoms with Crippen molar-refractivity contribution in [1.82, 2.24) is 0 Å². The molecule has 1 aliphatic heterocycles. The van der Waals surface area contributed by atoms with Crippen LogP contribution in [0.2, 0.25) is 0 Å². The van der Waals surface area contributed by atoms with E-state index in [0.29, 0.717) is 5.56 Å². The maximum atomic E-state index is 12.4. The molecule has 0 spiro atoms. The summed E-state index contributed by atoms with van der Waals surface area (Å²) in [6.45, 7) is -1.05. The lowest BCUT2D eigenvalue weighted by atomic mass is 10.1. The molecule has 0 fully saturated rings. The summed E-state index contributed by atoms with van der Waals surface area (Å²) in [6, 6.07) is 13.8. The highest BCUT2D eigenvalue weighted by Gasteiger charge is 2.30. The largest absolute Gasteiger partial charge is 0.435 e. The van der Waals surface area contributed by atoms with Crippen LogP contribution < -0.4 is 9.64 Å². The van der Waals surface area contributed by atoms with Gasteiger partial charge < -0.3 is 14.5 Å². The normalized spacial score (nSPS) is 16.2. The molecule has 0 radical (unpaired) electrons. The molecule has 1 atom stereocenters. The van der Waals surface area contributed by atoms with E-state index in [9.17, 15) is 13.6 Å². The Kier molecular flexibility index (Phi) is 5.46. The molecular formula is C19H18F2N2O3. The van der Waals surface area contributed by atoms with Gasteiger partial charge in [0.2, 0.25) is 0 Å². The van der Waals surface area contributed by atoms with Crippen molar-refractivity contribution in [3.63, 3.8) is 0 Å². The molecule has 1 heterocycles. The van der Waals surface area contributed by atoms with Crippen molar-refractivity contribution in [3.8, 4) is 5.75 Å². The first-order valence-electron chi connectivity index (χ1n) is 8.15. The number of hydrogen-bond acceptors (Lipinski definition) is 4. The standard InChI is InChI=1S/C19H18F2N2O3/c1-13-10-15-4-2-3-5-17(15)23(13)18(24)12-25-22-11-14-6-8-16(9-7-14)26-19(20)21/h2-9,11,13,19H,10,12H2,1H3/b22-11+. The number of nitrogens with zero attached hydrogens (tertiary/aromatic N) is 2. The number of halogens is 2. The average Bonchev–Trinajstić information content (AvgIpc) is 2.95. The summed E-state index contributed by atoms with van der Waals surface area (Å²) in [5, 5.41) is 3.76. The van der Waals surface area contributed by atoms with Gasteiger partial charge in [0.15, 0.2) is 6.61 Å². The summed E-state index contributed by atoms with van der Waals surface area (Å²) in [4.78, 5) is 19.2. The van der Waals surface area contributed by atoms with Crippen LogP contribution in [0.4, 0.5) is 14.5 Å². The molecule has 0 saturated heterocycles. The summed E-state index contributed by atoms with van der Waals surface area (Å²) < 4.78 is 28.4. The Hall–Kier alpha value is -2.96. The Labute approximate surface area is 149 Å².